The van der Waals surface area contributed by atoms with Crippen LogP contribution in [0.3, 0.4) is 0 Å². The normalized spacial score (nSPS) is 23.0. The largest absolute Gasteiger partial charge is 0.493 e. The number of aldehydes is 1. The molecule has 1 saturated heterocycles. The van der Waals surface area contributed by atoms with E-state index in [9.17, 15) is 4.79 Å². The van der Waals surface area contributed by atoms with Gasteiger partial charge in [0.1, 0.15) is 5.75 Å². The van der Waals surface area contributed by atoms with Crippen molar-refractivity contribution >= 4 is 6.29 Å². The monoisotopic (exact) mass is 291 g/mol. The number of hydrogen-bond acceptors (Lipinski definition) is 4. The van der Waals surface area contributed by atoms with Gasteiger partial charge in [-0.2, -0.15) is 0 Å². The summed E-state index contributed by atoms with van der Waals surface area (Å²) in [6.07, 6.45) is 3.58. The molecule has 0 amide bonds. The molecule has 1 aliphatic rings. The number of benzene rings is 1. The van der Waals surface area contributed by atoms with Crippen LogP contribution < -0.4 is 4.74 Å². The van der Waals surface area contributed by atoms with Crippen molar-refractivity contribution in [3.05, 3.63) is 29.8 Å². The van der Waals surface area contributed by atoms with E-state index in [2.05, 4.69) is 18.7 Å². The third-order valence-corrected chi connectivity index (χ3v) is 3.67. The number of ether oxygens (including phenoxy) is 2. The maximum atomic E-state index is 10.9. The van der Waals surface area contributed by atoms with Gasteiger partial charge in [-0.25, -0.2) is 0 Å². The molecule has 0 spiro atoms. The van der Waals surface area contributed by atoms with Gasteiger partial charge in [0, 0.05) is 13.1 Å². The Bertz CT molecular complexity index is 439. The van der Waals surface area contributed by atoms with Gasteiger partial charge in [-0.15, -0.1) is 0 Å². The first-order valence-electron chi connectivity index (χ1n) is 7.74. The predicted octanol–water partition coefficient (Wildman–Crippen LogP) is 2.77. The summed E-state index contributed by atoms with van der Waals surface area (Å²) in [5, 5.41) is 0. The number of rotatable bonds is 7. The van der Waals surface area contributed by atoms with Crippen molar-refractivity contribution in [1.82, 2.24) is 4.90 Å². The van der Waals surface area contributed by atoms with Crippen LogP contribution in [0, 0.1) is 0 Å². The van der Waals surface area contributed by atoms with Crippen LogP contribution in [-0.4, -0.2) is 49.6 Å². The van der Waals surface area contributed by atoms with Crippen LogP contribution in [0.4, 0.5) is 0 Å². The summed E-state index contributed by atoms with van der Waals surface area (Å²) in [6, 6.07) is 7.35. The minimum absolute atomic E-state index is 0.324. The van der Waals surface area contributed by atoms with E-state index >= 15 is 0 Å². The topological polar surface area (TPSA) is 38.8 Å². The molecule has 1 aliphatic heterocycles. The lowest BCUT2D eigenvalue weighted by atomic mass is 10.2. The van der Waals surface area contributed by atoms with Crippen LogP contribution in [0.2, 0.25) is 0 Å². The summed E-state index contributed by atoms with van der Waals surface area (Å²) in [6.45, 7) is 8.01. The van der Waals surface area contributed by atoms with Crippen LogP contribution in [-0.2, 0) is 4.74 Å². The first-order chi connectivity index (χ1) is 10.2. The molecule has 1 aromatic rings. The highest BCUT2D eigenvalue weighted by molar-refractivity contribution is 5.79. The molecule has 2 atom stereocenters. The summed E-state index contributed by atoms with van der Waals surface area (Å²) in [5.74, 6) is 0.682. The van der Waals surface area contributed by atoms with Crippen LogP contribution in [0.1, 0.15) is 37.0 Å². The van der Waals surface area contributed by atoms with Crippen LogP contribution in [0.15, 0.2) is 24.3 Å². The van der Waals surface area contributed by atoms with Gasteiger partial charge in [0.15, 0.2) is 6.29 Å². The first kappa shape index (κ1) is 16.0. The molecular weight excluding hydrogens is 266 g/mol. The van der Waals surface area contributed by atoms with Gasteiger partial charge in [-0.05, 0) is 45.4 Å². The minimum Gasteiger partial charge on any atom is -0.493 e. The maximum Gasteiger partial charge on any atom is 0.153 e. The van der Waals surface area contributed by atoms with E-state index in [-0.39, 0.29) is 0 Å². The Hall–Kier alpha value is -1.39. The number of unbranched alkanes of at least 4 members (excludes halogenated alkanes) is 1. The molecule has 1 heterocycles. The van der Waals surface area contributed by atoms with Gasteiger partial charge < -0.3 is 9.47 Å². The Morgan fingerprint density at radius 1 is 1.24 bits per heavy atom. The molecule has 0 aromatic heterocycles. The second-order valence-electron chi connectivity index (χ2n) is 5.73. The zero-order valence-corrected chi connectivity index (χ0v) is 13.0. The molecular formula is C17H25NO3. The number of nitrogens with zero attached hydrogens (tertiary/aromatic N) is 1. The molecule has 4 nitrogen and oxygen atoms in total. The van der Waals surface area contributed by atoms with Crippen molar-refractivity contribution in [2.24, 2.45) is 0 Å². The molecule has 1 fully saturated rings. The van der Waals surface area contributed by atoms with E-state index in [1.54, 1.807) is 6.07 Å². The van der Waals surface area contributed by atoms with Crippen molar-refractivity contribution in [1.29, 1.82) is 0 Å². The third-order valence-electron chi connectivity index (χ3n) is 3.67. The van der Waals surface area contributed by atoms with Crippen molar-refractivity contribution in [3.8, 4) is 5.75 Å². The highest BCUT2D eigenvalue weighted by atomic mass is 16.5. The molecule has 0 N–H and O–H groups in total. The van der Waals surface area contributed by atoms with E-state index in [0.29, 0.717) is 30.1 Å². The second-order valence-corrected chi connectivity index (χ2v) is 5.73. The molecule has 2 unspecified atom stereocenters. The summed E-state index contributed by atoms with van der Waals surface area (Å²) < 4.78 is 11.4. The van der Waals surface area contributed by atoms with E-state index in [1.165, 1.54) is 0 Å². The fourth-order valence-corrected chi connectivity index (χ4v) is 2.80. The summed E-state index contributed by atoms with van der Waals surface area (Å²) in [7, 11) is 0. The Morgan fingerprint density at radius 2 is 1.95 bits per heavy atom. The highest BCUT2D eigenvalue weighted by Crippen LogP contribution is 2.16. The number of morpholine rings is 1. The van der Waals surface area contributed by atoms with Gasteiger partial charge in [-0.1, -0.05) is 12.1 Å². The lowest BCUT2D eigenvalue weighted by molar-refractivity contribution is -0.0682. The summed E-state index contributed by atoms with van der Waals surface area (Å²) >= 11 is 0. The smallest absolute Gasteiger partial charge is 0.153 e. The fraction of sp³-hybridized carbons (Fsp3) is 0.588. The average Bonchev–Trinajstić information content (AvgIpc) is 2.46. The Kier molecular flexibility index (Phi) is 6.21. The lowest BCUT2D eigenvalue weighted by Crippen LogP contribution is -2.45. The molecule has 21 heavy (non-hydrogen) atoms. The maximum absolute atomic E-state index is 10.9. The predicted molar refractivity (Wildman–Crippen MR) is 83.0 cm³/mol. The number of hydrogen-bond donors (Lipinski definition) is 0. The Balaban J connectivity index is 1.65. The van der Waals surface area contributed by atoms with Crippen LogP contribution in [0.25, 0.3) is 0 Å². The number of para-hydroxylation sites is 1. The molecule has 2 rings (SSSR count). The third kappa shape index (κ3) is 5.14. The van der Waals surface area contributed by atoms with Gasteiger partial charge >= 0.3 is 0 Å². The molecule has 0 aliphatic carbocycles. The van der Waals surface area contributed by atoms with Gasteiger partial charge in [0.05, 0.1) is 24.4 Å². The van der Waals surface area contributed by atoms with Crippen molar-refractivity contribution in [2.45, 2.75) is 38.9 Å². The quantitative estimate of drug-likeness (QED) is 0.572. The Morgan fingerprint density at radius 3 is 2.67 bits per heavy atom. The van der Waals surface area contributed by atoms with E-state index in [4.69, 9.17) is 9.47 Å². The lowest BCUT2D eigenvalue weighted by Gasteiger charge is -2.35. The highest BCUT2D eigenvalue weighted by Gasteiger charge is 2.21. The van der Waals surface area contributed by atoms with E-state index < -0.39 is 0 Å². The molecule has 1 aromatic carbocycles. The molecule has 0 saturated carbocycles. The first-order valence-corrected chi connectivity index (χ1v) is 7.74. The van der Waals surface area contributed by atoms with Crippen molar-refractivity contribution < 1.29 is 14.3 Å². The second kappa shape index (κ2) is 8.15. The molecule has 4 heteroatoms. The van der Waals surface area contributed by atoms with E-state index in [1.807, 2.05) is 18.2 Å². The zero-order valence-electron chi connectivity index (χ0n) is 13.0. The number of carbonyl (C=O) groups is 1. The van der Waals surface area contributed by atoms with Crippen molar-refractivity contribution in [2.75, 3.05) is 26.2 Å². The molecule has 116 valence electrons. The van der Waals surface area contributed by atoms with Crippen LogP contribution >= 0.6 is 0 Å². The van der Waals surface area contributed by atoms with Crippen molar-refractivity contribution in [3.63, 3.8) is 0 Å². The fourth-order valence-electron chi connectivity index (χ4n) is 2.80. The average molecular weight is 291 g/mol. The molecule has 0 bridgehead atoms. The molecule has 0 radical (unpaired) electrons. The minimum atomic E-state index is 0.324. The van der Waals surface area contributed by atoms with Gasteiger partial charge in [0.25, 0.3) is 0 Å². The standard InChI is InChI=1S/C17H25NO3/c1-14-11-18(12-15(2)21-14)9-5-6-10-20-17-8-4-3-7-16(17)13-19/h3-4,7-8,13-15H,5-6,9-12H2,1-2H3. The number of carbonyl (C=O) groups excluding carboxylic acids is 1. The zero-order chi connectivity index (χ0) is 15.1. The van der Waals surface area contributed by atoms with Crippen LogP contribution in [0.5, 0.6) is 5.75 Å². The Labute approximate surface area is 127 Å². The summed E-state index contributed by atoms with van der Waals surface area (Å²) in [4.78, 5) is 13.3. The SMILES string of the molecule is CC1CN(CCCCOc2ccccc2C=O)CC(C)O1. The van der Waals surface area contributed by atoms with E-state index in [0.717, 1.165) is 38.8 Å². The summed E-state index contributed by atoms with van der Waals surface area (Å²) in [5.41, 5.74) is 0.619. The van der Waals surface area contributed by atoms with Gasteiger partial charge in [0.2, 0.25) is 0 Å². The van der Waals surface area contributed by atoms with Gasteiger partial charge in [-0.3, -0.25) is 9.69 Å².